The summed E-state index contributed by atoms with van der Waals surface area (Å²) in [4.78, 5) is 11.9. The number of benzene rings is 1. The van der Waals surface area contributed by atoms with Gasteiger partial charge in [-0.25, -0.2) is 9.07 Å². The summed E-state index contributed by atoms with van der Waals surface area (Å²) in [5, 5.41) is 13.2. The summed E-state index contributed by atoms with van der Waals surface area (Å²) in [6, 6.07) is 3.52. The lowest BCUT2D eigenvalue weighted by molar-refractivity contribution is -0.117. The predicted octanol–water partition coefficient (Wildman–Crippen LogP) is 0.820. The maximum Gasteiger partial charge on any atom is 0.241 e. The highest BCUT2D eigenvalue weighted by Gasteiger charge is 2.15. The first-order valence-electron chi connectivity index (χ1n) is 6.20. The minimum Gasteiger partial charge on any atom is -0.322 e. The molecule has 0 unspecified atom stereocenters. The first-order chi connectivity index (χ1) is 10.1. The molecule has 1 aromatic carbocycles. The number of carbonyl (C=O) groups is 1. The van der Waals surface area contributed by atoms with Gasteiger partial charge in [-0.15, -0.1) is 5.10 Å². The average molecular weight is 310 g/mol. The van der Waals surface area contributed by atoms with Crippen LogP contribution in [0, 0.1) is 5.82 Å². The smallest absolute Gasteiger partial charge is 0.241 e. The van der Waals surface area contributed by atoms with Crippen LogP contribution in [0.15, 0.2) is 24.5 Å². The second-order valence-corrected chi connectivity index (χ2v) is 5.28. The van der Waals surface area contributed by atoms with Gasteiger partial charge in [-0.05, 0) is 47.1 Å². The number of nitrogens with one attached hydrogen (secondary N) is 1. The molecule has 1 amide bonds. The number of halogens is 1. The zero-order valence-electron chi connectivity index (χ0n) is 11.4. The van der Waals surface area contributed by atoms with Gasteiger partial charge in [0.05, 0.1) is 17.4 Å². The minimum absolute atomic E-state index is 0.0487. The first-order valence-corrected chi connectivity index (χ1v) is 7.59. The van der Waals surface area contributed by atoms with Gasteiger partial charge in [-0.3, -0.25) is 4.79 Å². The van der Waals surface area contributed by atoms with Gasteiger partial charge in [-0.1, -0.05) is 0 Å². The van der Waals surface area contributed by atoms with E-state index in [0.717, 1.165) is 5.75 Å². The Hall–Kier alpha value is -2.00. The number of tetrazole rings is 1. The van der Waals surface area contributed by atoms with Crippen molar-refractivity contribution in [3.8, 4) is 5.69 Å². The lowest BCUT2D eigenvalue weighted by Gasteiger charge is -2.13. The molecule has 1 atom stereocenters. The normalized spacial score (nSPS) is 12.1. The Morgan fingerprint density at radius 2 is 2.38 bits per heavy atom. The van der Waals surface area contributed by atoms with Crippen molar-refractivity contribution in [2.24, 2.45) is 5.73 Å². The number of hydrogen-bond donors (Lipinski definition) is 2. The quantitative estimate of drug-likeness (QED) is 0.819. The van der Waals surface area contributed by atoms with E-state index in [0.29, 0.717) is 12.1 Å². The van der Waals surface area contributed by atoms with Crippen LogP contribution < -0.4 is 11.1 Å². The van der Waals surface area contributed by atoms with Gasteiger partial charge < -0.3 is 11.1 Å². The number of carbonyl (C=O) groups excluding carboxylic acids is 1. The number of thioether (sulfide) groups is 1. The van der Waals surface area contributed by atoms with Gasteiger partial charge in [0.1, 0.15) is 12.1 Å². The van der Waals surface area contributed by atoms with Crippen molar-refractivity contribution in [1.82, 2.24) is 20.2 Å². The minimum atomic E-state index is -0.673. The van der Waals surface area contributed by atoms with Crippen molar-refractivity contribution in [3.63, 3.8) is 0 Å². The fourth-order valence-corrected chi connectivity index (χ4v) is 2.12. The second kappa shape index (κ2) is 7.14. The summed E-state index contributed by atoms with van der Waals surface area (Å²) in [7, 11) is 0. The molecule has 1 aromatic heterocycles. The lowest BCUT2D eigenvalue weighted by Crippen LogP contribution is -2.36. The topological polar surface area (TPSA) is 98.7 Å². The van der Waals surface area contributed by atoms with E-state index in [4.69, 9.17) is 5.73 Å². The van der Waals surface area contributed by atoms with Crippen LogP contribution in [0.1, 0.15) is 6.42 Å². The van der Waals surface area contributed by atoms with Crippen molar-refractivity contribution >= 4 is 23.4 Å². The third kappa shape index (κ3) is 3.99. The number of nitrogens with two attached hydrogens (primary N) is 1. The van der Waals surface area contributed by atoms with Crippen LogP contribution in [0.3, 0.4) is 0 Å². The third-order valence-electron chi connectivity index (χ3n) is 2.79. The summed E-state index contributed by atoms with van der Waals surface area (Å²) in [6.07, 6.45) is 3.84. The largest absolute Gasteiger partial charge is 0.322 e. The van der Waals surface area contributed by atoms with Gasteiger partial charge in [0.2, 0.25) is 5.91 Å². The van der Waals surface area contributed by atoms with Crippen molar-refractivity contribution in [2.75, 3.05) is 17.3 Å². The highest BCUT2D eigenvalue weighted by atomic mass is 32.2. The zero-order chi connectivity index (χ0) is 15.2. The van der Waals surface area contributed by atoms with Crippen LogP contribution in [0.4, 0.5) is 10.1 Å². The van der Waals surface area contributed by atoms with Crippen LogP contribution >= 0.6 is 11.8 Å². The maximum atomic E-state index is 13.8. The van der Waals surface area contributed by atoms with Crippen LogP contribution in [0.25, 0.3) is 5.69 Å². The van der Waals surface area contributed by atoms with Crippen molar-refractivity contribution < 1.29 is 9.18 Å². The van der Waals surface area contributed by atoms with Crippen molar-refractivity contribution in [2.45, 2.75) is 12.5 Å². The Labute approximate surface area is 125 Å². The number of rotatable bonds is 6. The highest BCUT2D eigenvalue weighted by molar-refractivity contribution is 7.98. The molecule has 21 heavy (non-hydrogen) atoms. The van der Waals surface area contributed by atoms with Crippen LogP contribution in [0.5, 0.6) is 0 Å². The van der Waals surface area contributed by atoms with Gasteiger partial charge in [0, 0.05) is 0 Å². The van der Waals surface area contributed by atoms with Crippen LogP contribution in [0.2, 0.25) is 0 Å². The van der Waals surface area contributed by atoms with Crippen LogP contribution in [-0.4, -0.2) is 44.2 Å². The third-order valence-corrected chi connectivity index (χ3v) is 3.44. The molecular weight excluding hydrogens is 295 g/mol. The number of amides is 1. The molecule has 0 bridgehead atoms. The fraction of sp³-hybridized carbons (Fsp3) is 0.333. The Balaban J connectivity index is 2.12. The maximum absolute atomic E-state index is 13.8. The summed E-state index contributed by atoms with van der Waals surface area (Å²) >= 11 is 1.60. The summed E-state index contributed by atoms with van der Waals surface area (Å²) in [6.45, 7) is 0. The molecule has 0 saturated heterocycles. The van der Waals surface area contributed by atoms with Gasteiger partial charge in [-0.2, -0.15) is 11.8 Å². The number of anilines is 1. The van der Waals surface area contributed by atoms with E-state index in [9.17, 15) is 9.18 Å². The molecule has 0 fully saturated rings. The Kier molecular flexibility index (Phi) is 5.23. The molecule has 0 aliphatic carbocycles. The van der Waals surface area contributed by atoms with E-state index < -0.39 is 17.8 Å². The standard InChI is InChI=1S/C12H15FN6OS/c1-21-5-4-10(14)12(20)16-11-6-8(2-3-9(11)13)19-7-15-17-18-19/h2-3,6-7,10H,4-5,14H2,1H3,(H,16,20)/t10-/m0/s1. The van der Waals surface area contributed by atoms with Gasteiger partial charge >= 0.3 is 0 Å². The van der Waals surface area contributed by atoms with Gasteiger partial charge in [0.25, 0.3) is 0 Å². The SMILES string of the molecule is CSCC[C@H](N)C(=O)Nc1cc(-n2cnnn2)ccc1F. The molecule has 0 saturated carbocycles. The van der Waals surface area contributed by atoms with E-state index in [2.05, 4.69) is 20.8 Å². The number of hydrogen-bond acceptors (Lipinski definition) is 6. The van der Waals surface area contributed by atoms with Crippen molar-refractivity contribution in [1.29, 1.82) is 0 Å². The molecule has 1 heterocycles. The average Bonchev–Trinajstić information content (AvgIpc) is 3.01. The Morgan fingerprint density at radius 1 is 1.57 bits per heavy atom. The number of aromatic nitrogens is 4. The molecule has 0 spiro atoms. The Morgan fingerprint density at radius 3 is 3.05 bits per heavy atom. The highest BCUT2D eigenvalue weighted by Crippen LogP contribution is 2.18. The summed E-state index contributed by atoms with van der Waals surface area (Å²) in [5.74, 6) is -0.198. The van der Waals surface area contributed by atoms with E-state index in [-0.39, 0.29) is 5.69 Å². The fourth-order valence-electron chi connectivity index (χ4n) is 1.63. The molecule has 0 radical (unpaired) electrons. The first kappa shape index (κ1) is 15.4. The summed E-state index contributed by atoms with van der Waals surface area (Å²) in [5.41, 5.74) is 6.33. The van der Waals surface area contributed by atoms with Crippen LogP contribution in [-0.2, 0) is 4.79 Å². The van der Waals surface area contributed by atoms with E-state index in [1.54, 1.807) is 11.8 Å². The monoisotopic (exact) mass is 310 g/mol. The molecule has 0 aliphatic rings. The Bertz CT molecular complexity index is 606. The van der Waals surface area contributed by atoms with E-state index in [1.807, 2.05) is 6.26 Å². The number of nitrogens with zero attached hydrogens (tertiary/aromatic N) is 4. The second-order valence-electron chi connectivity index (χ2n) is 4.30. The molecular formula is C12H15FN6OS. The lowest BCUT2D eigenvalue weighted by atomic mass is 10.2. The molecule has 3 N–H and O–H groups in total. The summed E-state index contributed by atoms with van der Waals surface area (Å²) < 4.78 is 15.1. The molecule has 9 heteroatoms. The molecule has 112 valence electrons. The zero-order valence-corrected chi connectivity index (χ0v) is 12.2. The molecule has 7 nitrogen and oxygen atoms in total. The molecule has 2 aromatic rings. The van der Waals surface area contributed by atoms with E-state index >= 15 is 0 Å². The van der Waals surface area contributed by atoms with Gasteiger partial charge in [0.15, 0.2) is 0 Å². The molecule has 2 rings (SSSR count). The predicted molar refractivity (Wildman–Crippen MR) is 78.7 cm³/mol. The molecule has 0 aliphatic heterocycles. The van der Waals surface area contributed by atoms with E-state index in [1.165, 1.54) is 29.2 Å². The van der Waals surface area contributed by atoms with Crippen molar-refractivity contribution in [3.05, 3.63) is 30.3 Å².